The predicted octanol–water partition coefficient (Wildman–Crippen LogP) is 16.4. The van der Waals surface area contributed by atoms with Gasteiger partial charge in [0.15, 0.2) is 0 Å². The van der Waals surface area contributed by atoms with Crippen LogP contribution in [0.3, 0.4) is 0 Å². The maximum absolute atomic E-state index is 6.95. The van der Waals surface area contributed by atoms with E-state index in [4.69, 9.17) is 4.42 Å². The fourth-order valence-corrected chi connectivity index (χ4v) is 14.4. The molecule has 0 saturated heterocycles. The van der Waals surface area contributed by atoms with Crippen LogP contribution in [0.1, 0.15) is 68.2 Å². The maximum atomic E-state index is 6.95. The summed E-state index contributed by atoms with van der Waals surface area (Å²) in [5.74, 6) is 3.23. The fourth-order valence-electron chi connectivity index (χ4n) is 14.4. The highest BCUT2D eigenvalue weighted by Crippen LogP contribution is 2.70. The molecule has 1 aromatic heterocycles. The molecule has 15 rings (SSSR count). The van der Waals surface area contributed by atoms with Crippen LogP contribution < -0.4 is 4.90 Å². The van der Waals surface area contributed by atoms with Crippen molar-refractivity contribution in [1.29, 1.82) is 0 Å². The van der Waals surface area contributed by atoms with Crippen LogP contribution in [0.25, 0.3) is 66.4 Å². The summed E-state index contributed by atoms with van der Waals surface area (Å²) in [5.41, 5.74) is 21.5. The summed E-state index contributed by atoms with van der Waals surface area (Å²) >= 11 is 0. The Morgan fingerprint density at radius 2 is 1.08 bits per heavy atom. The molecule has 9 aromatic rings. The maximum Gasteiger partial charge on any atom is 0.145 e. The average molecular weight is 812 g/mol. The average Bonchev–Trinajstić information content (AvgIpc) is 3.93. The van der Waals surface area contributed by atoms with Gasteiger partial charge in [0, 0.05) is 33.0 Å². The highest BCUT2D eigenvalue weighted by molar-refractivity contribution is 6.17. The van der Waals surface area contributed by atoms with Crippen molar-refractivity contribution in [2.75, 3.05) is 4.90 Å². The van der Waals surface area contributed by atoms with Gasteiger partial charge in [-0.2, -0.15) is 0 Å². The summed E-state index contributed by atoms with van der Waals surface area (Å²) in [6, 6.07) is 66.3. The van der Waals surface area contributed by atoms with Gasteiger partial charge >= 0.3 is 0 Å². The van der Waals surface area contributed by atoms with Crippen molar-refractivity contribution in [2.24, 2.45) is 23.7 Å². The van der Waals surface area contributed by atoms with Gasteiger partial charge in [0.05, 0.1) is 16.8 Å². The van der Waals surface area contributed by atoms with Crippen LogP contribution in [-0.4, -0.2) is 0 Å². The van der Waals surface area contributed by atoms with Crippen molar-refractivity contribution in [3.05, 3.63) is 198 Å². The first-order valence-corrected chi connectivity index (χ1v) is 23.4. The molecule has 4 bridgehead atoms. The zero-order valence-corrected chi connectivity index (χ0v) is 35.9. The van der Waals surface area contributed by atoms with Crippen molar-refractivity contribution < 1.29 is 4.42 Å². The molecule has 2 heteroatoms. The summed E-state index contributed by atoms with van der Waals surface area (Å²) in [6.45, 7) is 4.78. The summed E-state index contributed by atoms with van der Waals surface area (Å²) in [5, 5.41) is 2.25. The SMILES string of the molecule is CC1(C)c2ccccc2-c2ccc(N(c3ccccc3-c3cccc4c3-c3ccccc3C43C4CC5CC(C4)CC3C5)c3ccc(-c4ccccc4)c4oc5ccccc5c34)cc21. The predicted molar refractivity (Wildman–Crippen MR) is 260 cm³/mol. The molecule has 6 aliphatic carbocycles. The van der Waals surface area contributed by atoms with E-state index >= 15 is 0 Å². The van der Waals surface area contributed by atoms with Gasteiger partial charge in [-0.15, -0.1) is 0 Å². The minimum atomic E-state index is -0.154. The molecule has 4 saturated carbocycles. The number of hydrogen-bond acceptors (Lipinski definition) is 2. The highest BCUT2D eigenvalue weighted by atomic mass is 16.3. The Hall–Kier alpha value is -6.64. The Bertz CT molecular complexity index is 3320. The van der Waals surface area contributed by atoms with Gasteiger partial charge in [-0.3, -0.25) is 0 Å². The zero-order valence-electron chi connectivity index (χ0n) is 35.9. The van der Waals surface area contributed by atoms with Crippen LogP contribution >= 0.6 is 0 Å². The fraction of sp³-hybridized carbons (Fsp3) is 0.213. The monoisotopic (exact) mass is 811 g/mol. The largest absolute Gasteiger partial charge is 0.455 e. The standard InChI is InChI=1S/C61H49NO/c1-60(2)50-22-10-6-17-44(50)45-28-27-42(36-53(45)60)62(55-30-29-43(39-15-4-3-5-16-39)59-58(55)49-20-9-13-26-56(49)63-59)54-25-12-8-18-46(54)47-21-14-24-52-57(47)48-19-7-11-23-51(48)61(52)40-32-37-31-38(34-40)35-41(61)33-37/h3-30,36-38,40-41H,31-35H2,1-2H3. The van der Waals surface area contributed by atoms with E-state index in [0.29, 0.717) is 11.8 Å². The Balaban J connectivity index is 1.04. The van der Waals surface area contributed by atoms with Gasteiger partial charge in [-0.05, 0) is 148 Å². The molecule has 0 radical (unpaired) electrons. The Kier molecular flexibility index (Phi) is 7.38. The zero-order chi connectivity index (χ0) is 41.6. The van der Waals surface area contributed by atoms with Gasteiger partial charge in [-0.25, -0.2) is 0 Å². The van der Waals surface area contributed by atoms with Crippen LogP contribution in [0.15, 0.2) is 180 Å². The van der Waals surface area contributed by atoms with Crippen LogP contribution in [0.5, 0.6) is 0 Å². The lowest BCUT2D eigenvalue weighted by atomic mass is 9.43. The van der Waals surface area contributed by atoms with Gasteiger partial charge in [0.1, 0.15) is 11.2 Å². The molecule has 63 heavy (non-hydrogen) atoms. The number of nitrogens with zero attached hydrogens (tertiary/aromatic N) is 1. The molecule has 0 unspecified atom stereocenters. The van der Waals surface area contributed by atoms with Gasteiger partial charge in [0.25, 0.3) is 0 Å². The Morgan fingerprint density at radius 3 is 1.89 bits per heavy atom. The molecule has 0 N–H and O–H groups in total. The Labute approximate surface area is 369 Å². The highest BCUT2D eigenvalue weighted by Gasteiger charge is 2.61. The summed E-state index contributed by atoms with van der Waals surface area (Å²) in [4.78, 5) is 2.56. The van der Waals surface area contributed by atoms with Crippen LogP contribution in [-0.2, 0) is 10.8 Å². The van der Waals surface area contributed by atoms with Crippen LogP contribution in [0.2, 0.25) is 0 Å². The number of hydrogen-bond donors (Lipinski definition) is 0. The minimum absolute atomic E-state index is 0.0969. The van der Waals surface area contributed by atoms with Crippen molar-refractivity contribution in [2.45, 2.75) is 56.8 Å². The molecule has 0 atom stereocenters. The number of para-hydroxylation sites is 2. The lowest BCUT2D eigenvalue weighted by Crippen LogP contribution is -2.55. The molecule has 0 amide bonds. The summed E-state index contributed by atoms with van der Waals surface area (Å²) in [6.07, 6.45) is 6.96. The van der Waals surface area contributed by atoms with E-state index in [1.54, 1.807) is 11.1 Å². The minimum Gasteiger partial charge on any atom is -0.455 e. The van der Waals surface area contributed by atoms with Crippen molar-refractivity contribution in [3.8, 4) is 44.5 Å². The van der Waals surface area contributed by atoms with E-state index in [1.807, 2.05) is 0 Å². The molecule has 6 aliphatic rings. The van der Waals surface area contributed by atoms with Crippen molar-refractivity contribution in [3.63, 3.8) is 0 Å². The number of benzene rings is 8. The van der Waals surface area contributed by atoms with E-state index in [9.17, 15) is 0 Å². The molecular weight excluding hydrogens is 763 g/mol. The lowest BCUT2D eigenvalue weighted by Gasteiger charge is -2.61. The van der Waals surface area contributed by atoms with Gasteiger partial charge in [-0.1, -0.05) is 153 Å². The smallest absolute Gasteiger partial charge is 0.145 e. The van der Waals surface area contributed by atoms with Gasteiger partial charge < -0.3 is 9.32 Å². The molecule has 8 aromatic carbocycles. The third kappa shape index (κ3) is 4.79. The van der Waals surface area contributed by atoms with E-state index in [-0.39, 0.29) is 10.8 Å². The van der Waals surface area contributed by atoms with Gasteiger partial charge in [0.2, 0.25) is 0 Å². The number of anilines is 3. The number of fused-ring (bicyclic) bond motifs is 9. The molecule has 1 spiro atoms. The molecule has 304 valence electrons. The molecule has 4 fully saturated rings. The van der Waals surface area contributed by atoms with Crippen molar-refractivity contribution >= 4 is 39.0 Å². The first kappa shape index (κ1) is 35.9. The molecule has 2 nitrogen and oxygen atoms in total. The van der Waals surface area contributed by atoms with E-state index < -0.39 is 0 Å². The third-order valence-electron chi connectivity index (χ3n) is 16.7. The summed E-state index contributed by atoms with van der Waals surface area (Å²) < 4.78 is 6.95. The normalized spacial score (nSPS) is 23.0. The number of rotatable bonds is 5. The van der Waals surface area contributed by atoms with E-state index in [1.165, 1.54) is 82.3 Å². The van der Waals surface area contributed by atoms with E-state index in [0.717, 1.165) is 56.3 Å². The third-order valence-corrected chi connectivity index (χ3v) is 16.7. The topological polar surface area (TPSA) is 16.4 Å². The first-order chi connectivity index (χ1) is 31.0. The molecule has 0 aliphatic heterocycles. The van der Waals surface area contributed by atoms with Crippen molar-refractivity contribution in [1.82, 2.24) is 0 Å². The lowest BCUT2D eigenvalue weighted by molar-refractivity contribution is -0.0399. The second-order valence-corrected chi connectivity index (χ2v) is 20.0. The Morgan fingerprint density at radius 1 is 0.460 bits per heavy atom. The van der Waals surface area contributed by atoms with Crippen LogP contribution in [0, 0.1) is 23.7 Å². The van der Waals surface area contributed by atoms with E-state index in [2.05, 4.69) is 195 Å². The molecule has 1 heterocycles. The first-order valence-electron chi connectivity index (χ1n) is 23.4. The molecular formula is C61H49NO. The van der Waals surface area contributed by atoms with Crippen LogP contribution in [0.4, 0.5) is 17.1 Å². The second-order valence-electron chi connectivity index (χ2n) is 20.0. The number of furan rings is 1. The quantitative estimate of drug-likeness (QED) is 0.172. The summed E-state index contributed by atoms with van der Waals surface area (Å²) in [7, 11) is 0. The second kappa shape index (κ2) is 13.0.